The van der Waals surface area contributed by atoms with Crippen LogP contribution in [0.25, 0.3) is 0 Å². The van der Waals surface area contributed by atoms with Crippen molar-refractivity contribution in [2.45, 2.75) is 40.0 Å². The van der Waals surface area contributed by atoms with E-state index in [1.807, 2.05) is 26.1 Å². The van der Waals surface area contributed by atoms with Gasteiger partial charge in [0.25, 0.3) is 5.91 Å². The van der Waals surface area contributed by atoms with Crippen LogP contribution in [0.2, 0.25) is 5.02 Å². The topological polar surface area (TPSA) is 82.2 Å². The van der Waals surface area contributed by atoms with Gasteiger partial charge in [0.15, 0.2) is 5.69 Å². The van der Waals surface area contributed by atoms with Crippen molar-refractivity contribution in [2.24, 2.45) is 0 Å². The van der Waals surface area contributed by atoms with Gasteiger partial charge in [-0.25, -0.2) is 0 Å². The van der Waals surface area contributed by atoms with Crippen LogP contribution in [0.1, 0.15) is 34.4 Å². The van der Waals surface area contributed by atoms with Gasteiger partial charge >= 0.3 is 0 Å². The van der Waals surface area contributed by atoms with Gasteiger partial charge in [-0.3, -0.25) is 9.48 Å². The predicted octanol–water partition coefficient (Wildman–Crippen LogP) is 3.54. The molecule has 0 saturated heterocycles. The summed E-state index contributed by atoms with van der Waals surface area (Å²) in [7, 11) is 0. The SMILES string of the molecule is Cc1ccn(CC(C)NC(=O)c2noc(C)c2COc2ccc(Cl)cc2)n1. The first-order valence-corrected chi connectivity index (χ1v) is 8.94. The molecular formula is C19H21ClN4O3. The summed E-state index contributed by atoms with van der Waals surface area (Å²) in [5.41, 5.74) is 1.77. The number of rotatable bonds is 7. The van der Waals surface area contributed by atoms with E-state index in [-0.39, 0.29) is 24.2 Å². The van der Waals surface area contributed by atoms with Crippen molar-refractivity contribution < 1.29 is 14.1 Å². The molecule has 1 atom stereocenters. The number of benzene rings is 1. The van der Waals surface area contributed by atoms with E-state index in [9.17, 15) is 4.79 Å². The van der Waals surface area contributed by atoms with Crippen LogP contribution in [0.5, 0.6) is 5.75 Å². The summed E-state index contributed by atoms with van der Waals surface area (Å²) >= 11 is 5.87. The first kappa shape index (κ1) is 19.0. The molecular weight excluding hydrogens is 368 g/mol. The highest BCUT2D eigenvalue weighted by atomic mass is 35.5. The minimum absolute atomic E-state index is 0.126. The summed E-state index contributed by atoms with van der Waals surface area (Å²) in [4.78, 5) is 12.6. The Labute approximate surface area is 162 Å². The van der Waals surface area contributed by atoms with Crippen molar-refractivity contribution >= 4 is 17.5 Å². The Morgan fingerprint density at radius 2 is 2.04 bits per heavy atom. The van der Waals surface area contributed by atoms with Gasteiger partial charge in [-0.2, -0.15) is 5.10 Å². The Bertz CT molecular complexity index is 917. The lowest BCUT2D eigenvalue weighted by Crippen LogP contribution is -2.36. The van der Waals surface area contributed by atoms with E-state index in [4.69, 9.17) is 20.9 Å². The van der Waals surface area contributed by atoms with Crippen LogP contribution >= 0.6 is 11.6 Å². The molecule has 0 radical (unpaired) electrons. The van der Waals surface area contributed by atoms with Gasteiger partial charge in [0.05, 0.1) is 17.8 Å². The number of hydrogen-bond acceptors (Lipinski definition) is 5. The van der Waals surface area contributed by atoms with Crippen LogP contribution in [0.3, 0.4) is 0 Å². The molecule has 0 aliphatic rings. The van der Waals surface area contributed by atoms with Gasteiger partial charge in [0.2, 0.25) is 0 Å². The third kappa shape index (κ3) is 4.89. The molecule has 1 unspecified atom stereocenters. The third-order valence-corrected chi connectivity index (χ3v) is 4.26. The number of halogens is 1. The molecule has 1 amide bonds. The van der Waals surface area contributed by atoms with Gasteiger partial charge in [-0.15, -0.1) is 0 Å². The Balaban J connectivity index is 1.63. The monoisotopic (exact) mass is 388 g/mol. The maximum atomic E-state index is 12.6. The fraction of sp³-hybridized carbons (Fsp3) is 0.316. The number of aryl methyl sites for hydroxylation is 2. The average molecular weight is 389 g/mol. The van der Waals surface area contributed by atoms with Gasteiger partial charge in [0.1, 0.15) is 18.1 Å². The molecule has 0 fully saturated rings. The van der Waals surface area contributed by atoms with Crippen LogP contribution < -0.4 is 10.1 Å². The summed E-state index contributed by atoms with van der Waals surface area (Å²) < 4.78 is 12.7. The standard InChI is InChI=1S/C19H21ClN4O3/c1-12-8-9-24(22-12)10-13(2)21-19(25)18-17(14(3)27-23-18)11-26-16-6-4-15(20)5-7-16/h4-9,13H,10-11H2,1-3H3,(H,21,25). The molecule has 0 spiro atoms. The lowest BCUT2D eigenvalue weighted by atomic mass is 10.2. The molecule has 142 valence electrons. The minimum atomic E-state index is -0.307. The van der Waals surface area contributed by atoms with Crippen LogP contribution in [-0.4, -0.2) is 26.9 Å². The number of ether oxygens (including phenoxy) is 1. The zero-order chi connectivity index (χ0) is 19.4. The molecule has 27 heavy (non-hydrogen) atoms. The second kappa shape index (κ2) is 8.26. The van der Waals surface area contributed by atoms with E-state index >= 15 is 0 Å². The maximum absolute atomic E-state index is 12.6. The first-order chi connectivity index (χ1) is 12.9. The zero-order valence-corrected chi connectivity index (χ0v) is 16.2. The van der Waals surface area contributed by atoms with E-state index in [0.29, 0.717) is 28.6 Å². The Morgan fingerprint density at radius 3 is 2.70 bits per heavy atom. The zero-order valence-electron chi connectivity index (χ0n) is 15.4. The van der Waals surface area contributed by atoms with Gasteiger partial charge in [-0.05, 0) is 51.1 Å². The molecule has 2 aromatic heterocycles. The van der Waals surface area contributed by atoms with Crippen molar-refractivity contribution in [1.82, 2.24) is 20.3 Å². The highest BCUT2D eigenvalue weighted by Gasteiger charge is 2.22. The summed E-state index contributed by atoms with van der Waals surface area (Å²) in [6.45, 7) is 6.32. The van der Waals surface area contributed by atoms with Crippen molar-refractivity contribution in [3.63, 3.8) is 0 Å². The number of carbonyl (C=O) groups is 1. The number of nitrogens with zero attached hydrogens (tertiary/aromatic N) is 3. The predicted molar refractivity (Wildman–Crippen MR) is 101 cm³/mol. The van der Waals surface area contributed by atoms with E-state index in [1.54, 1.807) is 35.9 Å². The number of aromatic nitrogens is 3. The van der Waals surface area contributed by atoms with Gasteiger partial charge in [-0.1, -0.05) is 16.8 Å². The second-order valence-corrected chi connectivity index (χ2v) is 6.80. The van der Waals surface area contributed by atoms with E-state index in [0.717, 1.165) is 5.69 Å². The smallest absolute Gasteiger partial charge is 0.274 e. The first-order valence-electron chi connectivity index (χ1n) is 8.57. The number of hydrogen-bond donors (Lipinski definition) is 1. The second-order valence-electron chi connectivity index (χ2n) is 6.36. The Morgan fingerprint density at radius 1 is 1.30 bits per heavy atom. The summed E-state index contributed by atoms with van der Waals surface area (Å²) in [6.07, 6.45) is 1.88. The molecule has 1 N–H and O–H groups in total. The van der Waals surface area contributed by atoms with Crippen molar-refractivity contribution in [2.75, 3.05) is 0 Å². The number of carbonyl (C=O) groups excluding carboxylic acids is 1. The normalized spacial score (nSPS) is 12.0. The van der Waals surface area contributed by atoms with Gasteiger partial charge in [0, 0.05) is 17.3 Å². The lowest BCUT2D eigenvalue weighted by Gasteiger charge is -2.13. The minimum Gasteiger partial charge on any atom is -0.489 e. The van der Waals surface area contributed by atoms with E-state index in [1.165, 1.54) is 0 Å². The molecule has 3 rings (SSSR count). The fourth-order valence-corrected chi connectivity index (χ4v) is 2.74. The molecule has 2 heterocycles. The quantitative estimate of drug-likeness (QED) is 0.669. The molecule has 1 aromatic carbocycles. The van der Waals surface area contributed by atoms with E-state index in [2.05, 4.69) is 15.6 Å². The highest BCUT2D eigenvalue weighted by Crippen LogP contribution is 2.20. The van der Waals surface area contributed by atoms with Crippen LogP contribution in [0.4, 0.5) is 0 Å². The summed E-state index contributed by atoms with van der Waals surface area (Å²) in [6, 6.07) is 8.80. The summed E-state index contributed by atoms with van der Waals surface area (Å²) in [5, 5.41) is 11.8. The molecule has 3 aromatic rings. The molecule has 0 bridgehead atoms. The molecule has 7 nitrogen and oxygen atoms in total. The van der Waals surface area contributed by atoms with Crippen LogP contribution in [0.15, 0.2) is 41.1 Å². The van der Waals surface area contributed by atoms with Crippen LogP contribution in [-0.2, 0) is 13.2 Å². The number of amides is 1. The molecule has 0 saturated carbocycles. The lowest BCUT2D eigenvalue weighted by molar-refractivity contribution is 0.0924. The highest BCUT2D eigenvalue weighted by molar-refractivity contribution is 6.30. The largest absolute Gasteiger partial charge is 0.489 e. The third-order valence-electron chi connectivity index (χ3n) is 4.01. The van der Waals surface area contributed by atoms with Crippen molar-refractivity contribution in [3.8, 4) is 5.75 Å². The maximum Gasteiger partial charge on any atom is 0.274 e. The Hall–Kier alpha value is -2.80. The van der Waals surface area contributed by atoms with Gasteiger partial charge < -0.3 is 14.6 Å². The fourth-order valence-electron chi connectivity index (χ4n) is 2.61. The molecule has 0 aliphatic carbocycles. The number of nitrogens with one attached hydrogen (secondary N) is 1. The summed E-state index contributed by atoms with van der Waals surface area (Å²) in [5.74, 6) is 0.885. The van der Waals surface area contributed by atoms with Crippen molar-refractivity contribution in [3.05, 3.63) is 64.3 Å². The average Bonchev–Trinajstić information content (AvgIpc) is 3.19. The molecule has 8 heteroatoms. The van der Waals surface area contributed by atoms with Crippen molar-refractivity contribution in [1.29, 1.82) is 0 Å². The Kier molecular flexibility index (Phi) is 5.81. The van der Waals surface area contributed by atoms with Crippen LogP contribution in [0, 0.1) is 13.8 Å². The molecule has 0 aliphatic heterocycles. The van der Waals surface area contributed by atoms with E-state index < -0.39 is 0 Å².